The second-order valence-electron chi connectivity index (χ2n) is 13.5. The van der Waals surface area contributed by atoms with Crippen molar-refractivity contribution < 1.29 is 23.8 Å². The number of aromatic nitrogens is 7. The van der Waals surface area contributed by atoms with Gasteiger partial charge in [-0.15, -0.1) is 15.1 Å². The number of benzene rings is 6. The average molecular weight is 831 g/mol. The quantitative estimate of drug-likeness (QED) is 0.0531. The van der Waals surface area contributed by atoms with Gasteiger partial charge in [0.2, 0.25) is 10.3 Å². The van der Waals surface area contributed by atoms with Gasteiger partial charge in [0.05, 0.1) is 17.7 Å². The van der Waals surface area contributed by atoms with Crippen molar-refractivity contribution in [3.8, 4) is 56.4 Å². The smallest absolute Gasteiger partial charge is 0.316 e. The number of hydrogen-bond acceptors (Lipinski definition) is 13. The van der Waals surface area contributed by atoms with Crippen LogP contribution in [0.3, 0.4) is 0 Å². The summed E-state index contributed by atoms with van der Waals surface area (Å²) in [5.74, 6) is -0.0232. The number of carboxylic acids is 1. The molecule has 0 aliphatic heterocycles. The molecule has 0 atom stereocenters. The highest BCUT2D eigenvalue weighted by molar-refractivity contribution is 8.00. The number of aliphatic carboxylic acids is 1. The zero-order valence-corrected chi connectivity index (χ0v) is 32.9. The molecule has 0 saturated heterocycles. The monoisotopic (exact) mass is 830 g/mol. The molecule has 9 aromatic rings. The molecule has 3 aromatic heterocycles. The molecule has 3 heterocycles. The second-order valence-corrected chi connectivity index (χ2v) is 15.4. The number of nitroso groups, excluding NO2 is 1. The molecule has 0 bridgehead atoms. The minimum absolute atomic E-state index is 0.00181. The van der Waals surface area contributed by atoms with Gasteiger partial charge in [-0.3, -0.25) is 19.8 Å². The Morgan fingerprint density at radius 1 is 0.650 bits per heavy atom. The van der Waals surface area contributed by atoms with Gasteiger partial charge in [-0.05, 0) is 109 Å². The number of fused-ring (bicyclic) bond motifs is 2. The third kappa shape index (κ3) is 8.55. The summed E-state index contributed by atoms with van der Waals surface area (Å²) in [6, 6.07) is 37.3. The normalized spacial score (nSPS) is 11.3. The Hall–Kier alpha value is -7.43. The van der Waals surface area contributed by atoms with Gasteiger partial charge in [-0.1, -0.05) is 84.2 Å². The lowest BCUT2D eigenvalue weighted by atomic mass is 9.96. The Bertz CT molecular complexity index is 3060. The largest absolute Gasteiger partial charge is 0.481 e. The van der Waals surface area contributed by atoms with Crippen molar-refractivity contribution in [1.82, 2.24) is 35.3 Å². The van der Waals surface area contributed by atoms with Crippen LogP contribution in [0.4, 0.5) is 5.69 Å². The Balaban J connectivity index is 0.851. The van der Waals surface area contributed by atoms with E-state index in [2.05, 4.69) is 52.7 Å². The molecule has 294 valence electrons. The van der Waals surface area contributed by atoms with Crippen molar-refractivity contribution in [2.75, 3.05) is 11.5 Å². The fourth-order valence-corrected chi connectivity index (χ4v) is 7.78. The van der Waals surface area contributed by atoms with Crippen molar-refractivity contribution in [1.29, 1.82) is 0 Å². The van der Waals surface area contributed by atoms with Gasteiger partial charge >= 0.3 is 11.9 Å². The van der Waals surface area contributed by atoms with Gasteiger partial charge in [0.1, 0.15) is 12.3 Å². The number of oxazole rings is 1. The lowest BCUT2D eigenvalue weighted by Crippen LogP contribution is -2.07. The molecule has 0 fully saturated rings. The number of ether oxygens (including phenoxy) is 1. The van der Waals surface area contributed by atoms with Gasteiger partial charge < -0.3 is 14.3 Å². The third-order valence-electron chi connectivity index (χ3n) is 9.51. The van der Waals surface area contributed by atoms with Crippen molar-refractivity contribution in [3.63, 3.8) is 0 Å². The Labute approximate surface area is 348 Å². The van der Waals surface area contributed by atoms with Crippen molar-refractivity contribution >= 4 is 62.7 Å². The third-order valence-corrected chi connectivity index (χ3v) is 11.2. The highest BCUT2D eigenvalue weighted by Gasteiger charge is 2.16. The highest BCUT2D eigenvalue weighted by atomic mass is 32.2. The van der Waals surface area contributed by atoms with E-state index in [4.69, 9.17) is 14.3 Å². The molecule has 0 amide bonds. The first-order valence-corrected chi connectivity index (χ1v) is 20.3. The van der Waals surface area contributed by atoms with Crippen LogP contribution in [0, 0.1) is 4.91 Å². The molecule has 0 saturated carbocycles. The molecule has 0 unspecified atom stereocenters. The molecular formula is C44H30N8O6S2. The maximum Gasteiger partial charge on any atom is 0.316 e. The van der Waals surface area contributed by atoms with Crippen molar-refractivity contribution in [3.05, 3.63) is 138 Å². The van der Waals surface area contributed by atoms with Crippen LogP contribution >= 0.6 is 23.5 Å². The highest BCUT2D eigenvalue weighted by Crippen LogP contribution is 2.35. The summed E-state index contributed by atoms with van der Waals surface area (Å²) in [6.07, 6.45) is 3.00. The number of nitrogens with zero attached hydrogens (tertiary/aromatic N) is 6. The van der Waals surface area contributed by atoms with E-state index in [0.29, 0.717) is 33.3 Å². The molecule has 3 N–H and O–H groups in total. The van der Waals surface area contributed by atoms with E-state index in [1.165, 1.54) is 6.39 Å². The number of rotatable bonds is 14. The van der Waals surface area contributed by atoms with E-state index in [-0.39, 0.29) is 23.8 Å². The molecule has 0 aliphatic rings. The second kappa shape index (κ2) is 16.8. The topological polar surface area (TPSA) is 202 Å². The van der Waals surface area contributed by atoms with Crippen LogP contribution in [0.15, 0.2) is 148 Å². The van der Waals surface area contributed by atoms with Crippen LogP contribution in [-0.2, 0) is 20.9 Å². The number of nitrogens with one attached hydrogen (secondary N) is 2. The number of carboxylic acid groups (broad SMARTS) is 1. The van der Waals surface area contributed by atoms with Gasteiger partial charge in [0.25, 0.3) is 0 Å². The standard InChI is InChI=1S/C44H30N8O6S2/c53-39(54)22-59-43-46-41(48-50-43)35-15-32(14-34(17-35)38-20-45-24-58-38)30-10-9-28-11-25(5-6-29(28)13-30)21-57-40(55)23-60-44-47-42(49-51-44)36-16-33(18-37(19-36)52-56)31-8-7-26-3-1-2-4-27(26)12-31/h1-20,24H,21-23H2,(H,53,54)(H,46,48,50)(H,47,49,51). The van der Waals surface area contributed by atoms with E-state index in [9.17, 15) is 14.5 Å². The number of thioether (sulfide) groups is 2. The predicted octanol–water partition coefficient (Wildman–Crippen LogP) is 9.96. The fourth-order valence-electron chi connectivity index (χ4n) is 6.67. The summed E-state index contributed by atoms with van der Waals surface area (Å²) in [4.78, 5) is 48.6. The van der Waals surface area contributed by atoms with E-state index in [0.717, 1.165) is 84.0 Å². The SMILES string of the molecule is O=Nc1cc(-c2ccc3ccccc3c2)cc(-c2nc(SCC(=O)OCc3ccc4cc(-c5cc(-c6nc(SCC(=O)O)n[nH]6)cc(-c6cnco6)c5)ccc4c3)n[nH]2)c1. The Morgan fingerprint density at radius 3 is 1.93 bits per heavy atom. The van der Waals surface area contributed by atoms with E-state index in [1.807, 2.05) is 91.0 Å². The van der Waals surface area contributed by atoms with Gasteiger partial charge in [-0.25, -0.2) is 15.0 Å². The number of hydrogen-bond donors (Lipinski definition) is 3. The van der Waals surface area contributed by atoms with Crippen LogP contribution in [0.25, 0.3) is 77.9 Å². The summed E-state index contributed by atoms with van der Waals surface area (Å²) in [6.45, 7) is 0.0892. The lowest BCUT2D eigenvalue weighted by molar-refractivity contribution is -0.141. The molecule has 9 rings (SSSR count). The van der Waals surface area contributed by atoms with E-state index < -0.39 is 11.9 Å². The molecule has 6 aromatic carbocycles. The van der Waals surface area contributed by atoms with Gasteiger partial charge in [0, 0.05) is 16.7 Å². The number of esters is 1. The summed E-state index contributed by atoms with van der Waals surface area (Å²) in [7, 11) is 0. The van der Waals surface area contributed by atoms with E-state index in [1.54, 1.807) is 18.3 Å². The van der Waals surface area contributed by atoms with E-state index >= 15 is 0 Å². The molecule has 16 heteroatoms. The van der Waals surface area contributed by atoms with Crippen LogP contribution < -0.4 is 0 Å². The molecule has 14 nitrogen and oxygen atoms in total. The molecule has 0 aliphatic carbocycles. The molecule has 60 heavy (non-hydrogen) atoms. The minimum atomic E-state index is -0.953. The zero-order valence-electron chi connectivity index (χ0n) is 31.2. The number of carbonyl (C=O) groups is 2. The number of H-pyrrole nitrogens is 2. The Kier molecular flexibility index (Phi) is 10.7. The molecule has 0 spiro atoms. The number of aromatic amines is 2. The summed E-state index contributed by atoms with van der Waals surface area (Å²) < 4.78 is 11.2. The predicted molar refractivity (Wildman–Crippen MR) is 229 cm³/mol. The first-order chi connectivity index (χ1) is 29.3. The fraction of sp³-hybridized carbons (Fsp3) is 0.0682. The van der Waals surface area contributed by atoms with Crippen molar-refractivity contribution in [2.24, 2.45) is 5.18 Å². The maximum atomic E-state index is 12.8. The number of carbonyl (C=O) groups excluding carboxylic acids is 1. The summed E-state index contributed by atoms with van der Waals surface area (Å²) >= 11 is 2.17. The lowest BCUT2D eigenvalue weighted by Gasteiger charge is -2.10. The minimum Gasteiger partial charge on any atom is -0.481 e. The van der Waals surface area contributed by atoms with Crippen LogP contribution in [0.5, 0.6) is 0 Å². The zero-order chi connectivity index (χ0) is 41.0. The van der Waals surface area contributed by atoms with Gasteiger partial charge in [-0.2, -0.15) is 0 Å². The molecular weight excluding hydrogens is 801 g/mol. The first kappa shape index (κ1) is 38.1. The maximum absolute atomic E-state index is 12.8. The Morgan fingerprint density at radius 2 is 1.23 bits per heavy atom. The van der Waals surface area contributed by atoms with Crippen LogP contribution in [-0.4, -0.2) is 63.9 Å². The molecule has 0 radical (unpaired) electrons. The van der Waals surface area contributed by atoms with Crippen molar-refractivity contribution in [2.45, 2.75) is 16.9 Å². The summed E-state index contributed by atoms with van der Waals surface area (Å²) in [5, 5.41) is 31.3. The van der Waals surface area contributed by atoms with Crippen LogP contribution in [0.1, 0.15) is 5.56 Å². The van der Waals surface area contributed by atoms with Gasteiger partial charge in [0.15, 0.2) is 23.8 Å². The first-order valence-electron chi connectivity index (χ1n) is 18.4. The van der Waals surface area contributed by atoms with Crippen LogP contribution in [0.2, 0.25) is 0 Å². The summed E-state index contributed by atoms with van der Waals surface area (Å²) in [5.41, 5.74) is 6.83. The average Bonchev–Trinajstić information content (AvgIpc) is 4.10.